The Bertz CT molecular complexity index is 1290. The van der Waals surface area contributed by atoms with E-state index in [0.29, 0.717) is 19.4 Å². The average Bonchev–Trinajstić information content (AvgIpc) is 3.27. The maximum atomic E-state index is 12.7. The number of allylic oxidation sites excluding steroid dienone is 20. The normalized spacial score (nSPS) is 13.3. The fourth-order valence-corrected chi connectivity index (χ4v) is 6.37. The largest absolute Gasteiger partial charge is 0.462 e. The third-order valence-electron chi connectivity index (χ3n) is 9.99. The predicted octanol–water partition coefficient (Wildman–Crippen LogP) is 17.0. The zero-order valence-electron chi connectivity index (χ0n) is 40.1. The van der Waals surface area contributed by atoms with Crippen molar-refractivity contribution in [1.29, 1.82) is 0 Å². The van der Waals surface area contributed by atoms with Crippen LogP contribution in [-0.4, -0.2) is 37.9 Å². The smallest absolute Gasteiger partial charge is 0.306 e. The molecule has 5 heteroatoms. The van der Waals surface area contributed by atoms with Crippen LogP contribution < -0.4 is 0 Å². The first-order valence-corrected chi connectivity index (χ1v) is 25.1. The molecule has 0 bridgehead atoms. The monoisotopic (exact) mass is 857 g/mol. The van der Waals surface area contributed by atoms with Crippen LogP contribution in [0.3, 0.4) is 0 Å². The van der Waals surface area contributed by atoms with Crippen molar-refractivity contribution in [3.05, 3.63) is 122 Å². The Hall–Kier alpha value is -3.70. The fraction of sp³-hybridized carbons (Fsp3) is 0.614. The molecule has 0 heterocycles. The number of hydrogen-bond acceptors (Lipinski definition) is 5. The number of esters is 2. The predicted molar refractivity (Wildman–Crippen MR) is 269 cm³/mol. The highest BCUT2D eigenvalue weighted by Gasteiger charge is 2.17. The van der Waals surface area contributed by atoms with Gasteiger partial charge in [0.1, 0.15) is 6.61 Å². The van der Waals surface area contributed by atoms with Crippen molar-refractivity contribution >= 4 is 11.9 Å². The van der Waals surface area contributed by atoms with E-state index in [4.69, 9.17) is 14.2 Å². The number of carbonyl (C=O) groups is 2. The Kier molecular flexibility index (Phi) is 48.6. The van der Waals surface area contributed by atoms with Crippen LogP contribution in [0.4, 0.5) is 0 Å². The van der Waals surface area contributed by atoms with Gasteiger partial charge in [0, 0.05) is 19.4 Å². The van der Waals surface area contributed by atoms with Gasteiger partial charge >= 0.3 is 11.9 Å². The molecule has 0 spiro atoms. The standard InChI is InChI=1S/C57H92O5/c1-4-7-10-13-16-19-22-25-27-28-29-31-34-37-40-43-46-49-52-60-53-55(62-57(59)51-48-45-42-39-36-32-24-21-18-15-12-9-6-3)54-61-56(58)50-47-44-41-38-35-33-30-26-23-20-17-14-11-8-5-2/h7-12,16-21,25-27,30,32,36,42,45,55H,4-6,13-15,22-24,28-29,31,33-35,37-41,43-44,46-54H2,1-3H3/b10-7-,11-8-,12-9-,19-16-,20-17-,21-18-,27-25-,30-26-,36-32-,45-42-. The summed E-state index contributed by atoms with van der Waals surface area (Å²) in [6.45, 7) is 7.36. The van der Waals surface area contributed by atoms with Gasteiger partial charge in [-0.1, -0.05) is 200 Å². The van der Waals surface area contributed by atoms with Gasteiger partial charge in [-0.2, -0.15) is 0 Å². The van der Waals surface area contributed by atoms with Gasteiger partial charge in [-0.25, -0.2) is 0 Å². The van der Waals surface area contributed by atoms with Crippen molar-refractivity contribution in [2.45, 2.75) is 207 Å². The molecule has 1 atom stereocenters. The van der Waals surface area contributed by atoms with E-state index >= 15 is 0 Å². The lowest BCUT2D eigenvalue weighted by atomic mass is 10.1. The first-order valence-electron chi connectivity index (χ1n) is 25.1. The van der Waals surface area contributed by atoms with E-state index in [1.807, 2.05) is 6.08 Å². The third-order valence-corrected chi connectivity index (χ3v) is 9.99. The van der Waals surface area contributed by atoms with E-state index < -0.39 is 6.10 Å². The van der Waals surface area contributed by atoms with Crippen molar-refractivity contribution in [1.82, 2.24) is 0 Å². The van der Waals surface area contributed by atoms with Gasteiger partial charge in [0.25, 0.3) is 0 Å². The van der Waals surface area contributed by atoms with E-state index in [1.165, 1.54) is 57.8 Å². The van der Waals surface area contributed by atoms with Gasteiger partial charge < -0.3 is 14.2 Å². The van der Waals surface area contributed by atoms with Gasteiger partial charge in [0.05, 0.1) is 6.61 Å². The van der Waals surface area contributed by atoms with E-state index in [-0.39, 0.29) is 31.6 Å². The Morgan fingerprint density at radius 1 is 0.355 bits per heavy atom. The van der Waals surface area contributed by atoms with Crippen LogP contribution in [0.25, 0.3) is 0 Å². The lowest BCUT2D eigenvalue weighted by molar-refractivity contribution is -0.162. The number of carbonyl (C=O) groups excluding carboxylic acids is 2. The lowest BCUT2D eigenvalue weighted by Gasteiger charge is -2.18. The number of rotatable bonds is 44. The molecular weight excluding hydrogens is 765 g/mol. The van der Waals surface area contributed by atoms with Crippen LogP contribution in [0.1, 0.15) is 201 Å². The molecule has 62 heavy (non-hydrogen) atoms. The number of unbranched alkanes of at least 4 members (excludes halogenated alkanes) is 13. The second-order valence-corrected chi connectivity index (χ2v) is 15.9. The van der Waals surface area contributed by atoms with E-state index in [2.05, 4.69) is 136 Å². The summed E-state index contributed by atoms with van der Waals surface area (Å²) < 4.78 is 17.3. The molecule has 0 aliphatic heterocycles. The lowest BCUT2D eigenvalue weighted by Crippen LogP contribution is -2.30. The summed E-state index contributed by atoms with van der Waals surface area (Å²) in [5.74, 6) is -0.523. The first-order chi connectivity index (χ1) is 30.6. The summed E-state index contributed by atoms with van der Waals surface area (Å²) in [6.07, 6.45) is 72.2. The molecule has 0 aliphatic carbocycles. The maximum Gasteiger partial charge on any atom is 0.306 e. The molecule has 0 rings (SSSR count). The highest BCUT2D eigenvalue weighted by molar-refractivity contribution is 5.70. The molecule has 5 nitrogen and oxygen atoms in total. The summed E-state index contributed by atoms with van der Waals surface area (Å²) >= 11 is 0. The minimum atomic E-state index is -0.593. The second-order valence-electron chi connectivity index (χ2n) is 15.9. The van der Waals surface area contributed by atoms with Crippen LogP contribution in [0.2, 0.25) is 0 Å². The minimum absolute atomic E-state index is 0.0370. The first kappa shape index (κ1) is 58.3. The van der Waals surface area contributed by atoms with Gasteiger partial charge in [0.15, 0.2) is 6.10 Å². The van der Waals surface area contributed by atoms with E-state index in [9.17, 15) is 9.59 Å². The molecule has 0 saturated carbocycles. The molecule has 1 unspecified atom stereocenters. The van der Waals surface area contributed by atoms with Crippen molar-refractivity contribution in [3.8, 4) is 0 Å². The zero-order valence-corrected chi connectivity index (χ0v) is 40.1. The van der Waals surface area contributed by atoms with Crippen LogP contribution in [-0.2, 0) is 23.8 Å². The summed E-state index contributed by atoms with van der Waals surface area (Å²) in [5, 5.41) is 0. The average molecular weight is 857 g/mol. The van der Waals surface area contributed by atoms with Crippen molar-refractivity contribution in [2.24, 2.45) is 0 Å². The molecule has 350 valence electrons. The molecule has 0 fully saturated rings. The van der Waals surface area contributed by atoms with Crippen molar-refractivity contribution in [3.63, 3.8) is 0 Å². The fourth-order valence-electron chi connectivity index (χ4n) is 6.37. The molecule has 0 aromatic rings. The van der Waals surface area contributed by atoms with E-state index in [1.54, 1.807) is 0 Å². The number of hydrogen-bond donors (Lipinski definition) is 0. The molecular formula is C57H92O5. The summed E-state index contributed by atoms with van der Waals surface area (Å²) in [4.78, 5) is 25.3. The second kappa shape index (κ2) is 51.6. The van der Waals surface area contributed by atoms with Gasteiger partial charge in [-0.15, -0.1) is 0 Å². The SMILES string of the molecule is CC/C=C\C/C=C\C/C=C\C/C=C\CCC(=O)OC(COCCCCCCCCCC/C=C\C/C=C\C/C=C\CC)COC(=O)CCCCCCC/C=C\C/C=C\C/C=C\CC. The summed E-state index contributed by atoms with van der Waals surface area (Å²) in [6, 6.07) is 0. The minimum Gasteiger partial charge on any atom is -0.462 e. The summed E-state index contributed by atoms with van der Waals surface area (Å²) in [5.41, 5.74) is 0. The number of ether oxygens (including phenoxy) is 3. The van der Waals surface area contributed by atoms with Crippen LogP contribution in [0.15, 0.2) is 122 Å². The maximum absolute atomic E-state index is 12.7. The Balaban J connectivity index is 4.40. The Morgan fingerprint density at radius 2 is 0.710 bits per heavy atom. The highest BCUT2D eigenvalue weighted by atomic mass is 16.6. The Labute approximate surface area is 382 Å². The molecule has 0 aromatic heterocycles. The van der Waals surface area contributed by atoms with Crippen molar-refractivity contribution < 1.29 is 23.8 Å². The molecule has 0 aromatic carbocycles. The molecule has 0 N–H and O–H groups in total. The summed E-state index contributed by atoms with van der Waals surface area (Å²) in [7, 11) is 0. The van der Waals surface area contributed by atoms with E-state index in [0.717, 1.165) is 103 Å². The van der Waals surface area contributed by atoms with Crippen molar-refractivity contribution in [2.75, 3.05) is 19.8 Å². The topological polar surface area (TPSA) is 61.8 Å². The zero-order chi connectivity index (χ0) is 44.9. The van der Waals surface area contributed by atoms with Gasteiger partial charge in [-0.05, 0) is 109 Å². The molecule has 0 amide bonds. The molecule has 0 saturated heterocycles. The molecule has 0 aliphatic rings. The Morgan fingerprint density at radius 3 is 1.15 bits per heavy atom. The van der Waals surface area contributed by atoms with Crippen LogP contribution >= 0.6 is 0 Å². The van der Waals surface area contributed by atoms with Gasteiger partial charge in [0.2, 0.25) is 0 Å². The highest BCUT2D eigenvalue weighted by Crippen LogP contribution is 2.12. The van der Waals surface area contributed by atoms with Crippen LogP contribution in [0, 0.1) is 0 Å². The van der Waals surface area contributed by atoms with Crippen LogP contribution in [0.5, 0.6) is 0 Å². The third kappa shape index (κ3) is 49.0. The quantitative estimate of drug-likeness (QED) is 0.0347. The molecule has 0 radical (unpaired) electrons. The van der Waals surface area contributed by atoms with Gasteiger partial charge in [-0.3, -0.25) is 9.59 Å².